The van der Waals surface area contributed by atoms with Crippen LogP contribution < -0.4 is 0 Å². The summed E-state index contributed by atoms with van der Waals surface area (Å²) in [7, 11) is 0. The monoisotopic (exact) mass is 234 g/mol. The molecule has 0 fully saturated rings. The number of aldehydes is 1. The highest BCUT2D eigenvalue weighted by molar-refractivity contribution is 5.73. The summed E-state index contributed by atoms with van der Waals surface area (Å²) in [6.07, 6.45) is 1.54. The van der Waals surface area contributed by atoms with Crippen LogP contribution in [0.15, 0.2) is 24.3 Å². The van der Waals surface area contributed by atoms with Gasteiger partial charge in [-0.15, -0.1) is 0 Å². The van der Waals surface area contributed by atoms with Gasteiger partial charge in [0.1, 0.15) is 11.9 Å². The van der Waals surface area contributed by atoms with Gasteiger partial charge in [0.15, 0.2) is 0 Å². The lowest BCUT2D eigenvalue weighted by Gasteiger charge is -2.19. The average Bonchev–Trinajstić information content (AvgIpc) is 2.18. The van der Waals surface area contributed by atoms with E-state index in [0.29, 0.717) is 6.42 Å². The van der Waals surface area contributed by atoms with Crippen LogP contribution in [0.25, 0.3) is 0 Å². The minimum Gasteiger partial charge on any atom is -0.460 e. The maximum atomic E-state index is 11.6. The van der Waals surface area contributed by atoms with Crippen molar-refractivity contribution in [1.82, 2.24) is 0 Å². The van der Waals surface area contributed by atoms with Crippen LogP contribution in [0, 0.1) is 0 Å². The van der Waals surface area contributed by atoms with E-state index in [9.17, 15) is 9.59 Å². The van der Waals surface area contributed by atoms with Gasteiger partial charge in [0.25, 0.3) is 0 Å². The minimum atomic E-state index is -0.450. The number of esters is 1. The predicted molar refractivity (Wildman–Crippen MR) is 65.8 cm³/mol. The second-order valence-electron chi connectivity index (χ2n) is 4.95. The van der Waals surface area contributed by atoms with Crippen molar-refractivity contribution in [2.45, 2.75) is 39.2 Å². The first-order valence-electron chi connectivity index (χ1n) is 5.64. The standard InChI is InChI=1S/C14H18O3/c1-14(2,3)17-13(16)10-12-6-4-11(5-7-12)8-9-15/h4-7,9H,8,10H2,1-3H3. The molecule has 3 nitrogen and oxygen atoms in total. The molecule has 92 valence electrons. The van der Waals surface area contributed by atoms with Crippen molar-refractivity contribution >= 4 is 12.3 Å². The number of ether oxygens (including phenoxy) is 1. The number of rotatable bonds is 4. The van der Waals surface area contributed by atoms with Gasteiger partial charge in [-0.25, -0.2) is 0 Å². The molecule has 1 aromatic rings. The molecule has 0 saturated heterocycles. The molecule has 0 spiro atoms. The zero-order valence-corrected chi connectivity index (χ0v) is 10.5. The summed E-state index contributed by atoms with van der Waals surface area (Å²) in [5.41, 5.74) is 1.40. The Balaban J connectivity index is 2.57. The van der Waals surface area contributed by atoms with Crippen LogP contribution in [0.2, 0.25) is 0 Å². The van der Waals surface area contributed by atoms with Gasteiger partial charge < -0.3 is 9.53 Å². The Morgan fingerprint density at radius 2 is 1.71 bits per heavy atom. The van der Waals surface area contributed by atoms with Crippen LogP contribution in [-0.4, -0.2) is 17.9 Å². The lowest BCUT2D eigenvalue weighted by molar-refractivity contribution is -0.153. The second kappa shape index (κ2) is 5.62. The van der Waals surface area contributed by atoms with E-state index in [1.807, 2.05) is 45.0 Å². The molecule has 0 bridgehead atoms. The van der Waals surface area contributed by atoms with E-state index in [1.165, 1.54) is 0 Å². The fourth-order valence-corrected chi connectivity index (χ4v) is 1.43. The van der Waals surface area contributed by atoms with Gasteiger partial charge in [-0.3, -0.25) is 4.79 Å². The summed E-state index contributed by atoms with van der Waals surface area (Å²) in [5, 5.41) is 0. The maximum Gasteiger partial charge on any atom is 0.310 e. The first-order valence-corrected chi connectivity index (χ1v) is 5.64. The van der Waals surface area contributed by atoms with Crippen LogP contribution in [-0.2, 0) is 27.2 Å². The van der Waals surface area contributed by atoms with Crippen molar-refractivity contribution in [2.24, 2.45) is 0 Å². The molecule has 0 unspecified atom stereocenters. The van der Waals surface area contributed by atoms with Gasteiger partial charge in [-0.2, -0.15) is 0 Å². The maximum absolute atomic E-state index is 11.6. The number of hydrogen-bond acceptors (Lipinski definition) is 3. The lowest BCUT2D eigenvalue weighted by Crippen LogP contribution is -2.24. The summed E-state index contributed by atoms with van der Waals surface area (Å²) < 4.78 is 5.22. The Labute approximate surface area is 102 Å². The Morgan fingerprint density at radius 3 is 2.18 bits per heavy atom. The van der Waals surface area contributed by atoms with Gasteiger partial charge in [-0.1, -0.05) is 24.3 Å². The van der Waals surface area contributed by atoms with Crippen molar-refractivity contribution in [3.05, 3.63) is 35.4 Å². The molecule has 0 saturated carbocycles. The van der Waals surface area contributed by atoms with E-state index in [2.05, 4.69) is 0 Å². The molecule has 0 N–H and O–H groups in total. The third kappa shape index (κ3) is 5.29. The smallest absolute Gasteiger partial charge is 0.310 e. The zero-order valence-electron chi connectivity index (χ0n) is 10.5. The molecule has 0 heterocycles. The fraction of sp³-hybridized carbons (Fsp3) is 0.429. The Bertz CT molecular complexity index is 385. The molecule has 0 aliphatic heterocycles. The molecule has 0 aliphatic rings. The van der Waals surface area contributed by atoms with E-state index in [-0.39, 0.29) is 12.4 Å². The Hall–Kier alpha value is -1.64. The van der Waals surface area contributed by atoms with Crippen molar-refractivity contribution in [3.8, 4) is 0 Å². The first-order chi connectivity index (χ1) is 7.90. The van der Waals surface area contributed by atoms with Crippen LogP contribution in [0.1, 0.15) is 31.9 Å². The molecule has 0 atom stereocenters. The molecule has 0 radical (unpaired) electrons. The molecule has 0 aromatic heterocycles. The van der Waals surface area contributed by atoms with E-state index in [4.69, 9.17) is 4.74 Å². The largest absolute Gasteiger partial charge is 0.460 e. The van der Waals surface area contributed by atoms with Gasteiger partial charge in [-0.05, 0) is 31.9 Å². The first kappa shape index (κ1) is 13.4. The molecule has 0 aliphatic carbocycles. The SMILES string of the molecule is CC(C)(C)OC(=O)Cc1ccc(CC=O)cc1. The van der Waals surface area contributed by atoms with E-state index in [1.54, 1.807) is 0 Å². The molecule has 1 rings (SSSR count). The fourth-order valence-electron chi connectivity index (χ4n) is 1.43. The zero-order chi connectivity index (χ0) is 12.9. The topological polar surface area (TPSA) is 43.4 Å². The van der Waals surface area contributed by atoms with Crippen LogP contribution in [0.4, 0.5) is 0 Å². The highest BCUT2D eigenvalue weighted by atomic mass is 16.6. The molecule has 1 aromatic carbocycles. The van der Waals surface area contributed by atoms with E-state index >= 15 is 0 Å². The van der Waals surface area contributed by atoms with E-state index < -0.39 is 5.60 Å². The van der Waals surface area contributed by atoms with Crippen molar-refractivity contribution in [1.29, 1.82) is 0 Å². The third-order valence-electron chi connectivity index (χ3n) is 2.11. The lowest BCUT2D eigenvalue weighted by atomic mass is 10.1. The highest BCUT2D eigenvalue weighted by Crippen LogP contribution is 2.11. The number of carbonyl (C=O) groups is 2. The quantitative estimate of drug-likeness (QED) is 0.593. The molecule has 17 heavy (non-hydrogen) atoms. The summed E-state index contributed by atoms with van der Waals surface area (Å²) in [6.45, 7) is 5.54. The van der Waals surface area contributed by atoms with Gasteiger partial charge in [0, 0.05) is 6.42 Å². The summed E-state index contributed by atoms with van der Waals surface area (Å²) >= 11 is 0. The molecule has 0 amide bonds. The second-order valence-corrected chi connectivity index (χ2v) is 4.95. The highest BCUT2D eigenvalue weighted by Gasteiger charge is 2.16. The van der Waals surface area contributed by atoms with Crippen LogP contribution in [0.5, 0.6) is 0 Å². The predicted octanol–water partition coefficient (Wildman–Crippen LogP) is 2.31. The number of hydrogen-bond donors (Lipinski definition) is 0. The van der Waals surface area contributed by atoms with E-state index in [0.717, 1.165) is 17.4 Å². The van der Waals surface area contributed by atoms with Crippen molar-refractivity contribution in [2.75, 3.05) is 0 Å². The van der Waals surface area contributed by atoms with Gasteiger partial charge in [0.2, 0.25) is 0 Å². The summed E-state index contributed by atoms with van der Waals surface area (Å²) in [6, 6.07) is 7.41. The Kier molecular flexibility index (Phi) is 4.44. The molecule has 3 heteroatoms. The Morgan fingerprint density at radius 1 is 1.18 bits per heavy atom. The van der Waals surface area contributed by atoms with Gasteiger partial charge >= 0.3 is 5.97 Å². The van der Waals surface area contributed by atoms with Crippen molar-refractivity contribution in [3.63, 3.8) is 0 Å². The summed E-state index contributed by atoms with van der Waals surface area (Å²) in [4.78, 5) is 21.9. The molecular weight excluding hydrogens is 216 g/mol. The van der Waals surface area contributed by atoms with Crippen molar-refractivity contribution < 1.29 is 14.3 Å². The normalized spacial score (nSPS) is 11.0. The van der Waals surface area contributed by atoms with Crippen LogP contribution >= 0.6 is 0 Å². The summed E-state index contributed by atoms with van der Waals surface area (Å²) in [5.74, 6) is -0.236. The average molecular weight is 234 g/mol. The third-order valence-corrected chi connectivity index (χ3v) is 2.11. The minimum absolute atomic E-state index is 0.236. The molecular formula is C14H18O3. The van der Waals surface area contributed by atoms with Crippen LogP contribution in [0.3, 0.4) is 0 Å². The number of carbonyl (C=O) groups excluding carboxylic acids is 2. The van der Waals surface area contributed by atoms with Gasteiger partial charge in [0.05, 0.1) is 6.42 Å². The number of benzene rings is 1.